The molecule has 3 aromatic carbocycles. The number of fused-ring (bicyclic) bond motifs is 9. The van der Waals surface area contributed by atoms with Crippen molar-refractivity contribution < 1.29 is 22.7 Å². The van der Waals surface area contributed by atoms with Gasteiger partial charge in [0.2, 0.25) is 5.91 Å². The van der Waals surface area contributed by atoms with Gasteiger partial charge in [-0.15, -0.1) is 0 Å². The van der Waals surface area contributed by atoms with Gasteiger partial charge in [-0.05, 0) is 104 Å². The lowest BCUT2D eigenvalue weighted by atomic mass is 9.81. The number of ether oxygens (including phenoxy) is 1. The highest BCUT2D eigenvalue weighted by atomic mass is 32.2. The molecule has 2 aliphatic carbocycles. The Morgan fingerprint density at radius 1 is 0.891 bits per heavy atom. The third-order valence-electron chi connectivity index (χ3n) is 14.0. The summed E-state index contributed by atoms with van der Waals surface area (Å²) in [6.07, 6.45) is 11.3. The molecular formula is C44H51N5O5S. The first-order chi connectivity index (χ1) is 26.7. The molecule has 4 unspecified atom stereocenters. The van der Waals surface area contributed by atoms with Crippen LogP contribution in [0.2, 0.25) is 0 Å². The summed E-state index contributed by atoms with van der Waals surface area (Å²) in [6, 6.07) is 23.4. The smallest absolute Gasteiger partial charge is 0.304 e. The van der Waals surface area contributed by atoms with Gasteiger partial charge in [0.15, 0.2) is 0 Å². The van der Waals surface area contributed by atoms with E-state index in [0.717, 1.165) is 85.8 Å². The first-order valence-electron chi connectivity index (χ1n) is 20.5. The van der Waals surface area contributed by atoms with Crippen molar-refractivity contribution in [2.45, 2.75) is 114 Å². The van der Waals surface area contributed by atoms with E-state index >= 15 is 4.79 Å². The van der Waals surface area contributed by atoms with Crippen molar-refractivity contribution in [3.05, 3.63) is 89.0 Å². The largest absolute Gasteiger partial charge is 0.497 e. The molecule has 10 rings (SSSR count). The van der Waals surface area contributed by atoms with Gasteiger partial charge in [0, 0.05) is 72.3 Å². The number of amides is 2. The van der Waals surface area contributed by atoms with Crippen LogP contribution in [-0.2, 0) is 28.1 Å². The lowest BCUT2D eigenvalue weighted by Crippen LogP contribution is -2.54. The number of aromatic nitrogens is 1. The van der Waals surface area contributed by atoms with E-state index in [9.17, 15) is 13.2 Å². The van der Waals surface area contributed by atoms with Crippen LogP contribution < -0.4 is 14.8 Å². The van der Waals surface area contributed by atoms with Crippen molar-refractivity contribution in [2.75, 3.05) is 20.2 Å². The molecule has 5 heterocycles. The lowest BCUT2D eigenvalue weighted by molar-refractivity contribution is -0.142. The van der Waals surface area contributed by atoms with Gasteiger partial charge in [0.1, 0.15) is 5.75 Å². The fraction of sp³-hybridized carbons (Fsp3) is 0.500. The first kappa shape index (κ1) is 35.2. The minimum atomic E-state index is -3.91. The summed E-state index contributed by atoms with van der Waals surface area (Å²) >= 11 is 0. The second kappa shape index (κ2) is 13.5. The monoisotopic (exact) mass is 761 g/mol. The predicted octanol–water partition coefficient (Wildman–Crippen LogP) is 6.84. The average Bonchev–Trinajstić information content (AvgIpc) is 3.76. The maximum Gasteiger partial charge on any atom is 0.304 e. The van der Waals surface area contributed by atoms with Crippen molar-refractivity contribution in [1.82, 2.24) is 23.8 Å². The Labute approximate surface area is 323 Å². The summed E-state index contributed by atoms with van der Waals surface area (Å²) in [6.45, 7) is 2.20. The van der Waals surface area contributed by atoms with Gasteiger partial charge in [-0.3, -0.25) is 9.59 Å². The van der Waals surface area contributed by atoms with Gasteiger partial charge in [-0.1, -0.05) is 55.7 Å². The number of nitrogens with one attached hydrogen (secondary N) is 2. The van der Waals surface area contributed by atoms with Gasteiger partial charge in [-0.2, -0.15) is 12.7 Å². The maximum atomic E-state index is 15.4. The zero-order valence-electron chi connectivity index (χ0n) is 31.6. The molecule has 0 spiro atoms. The number of benzene rings is 3. The van der Waals surface area contributed by atoms with E-state index in [1.807, 2.05) is 18.2 Å². The minimum absolute atomic E-state index is 0.0562. The summed E-state index contributed by atoms with van der Waals surface area (Å²) in [5.41, 5.74) is 6.64. The van der Waals surface area contributed by atoms with Crippen LogP contribution in [0.25, 0.3) is 22.2 Å². The number of hydrogen-bond acceptors (Lipinski definition) is 6. The van der Waals surface area contributed by atoms with Gasteiger partial charge in [0.25, 0.3) is 5.91 Å². The Bertz CT molecular complexity index is 2270. The van der Waals surface area contributed by atoms with Crippen LogP contribution in [0.3, 0.4) is 0 Å². The molecule has 2 N–H and O–H groups in total. The number of piperidine rings is 1. The minimum Gasteiger partial charge on any atom is -0.497 e. The van der Waals surface area contributed by atoms with Crippen LogP contribution in [0, 0.1) is 5.41 Å². The van der Waals surface area contributed by atoms with Gasteiger partial charge in [-0.25, -0.2) is 4.72 Å². The third-order valence-corrected chi connectivity index (χ3v) is 15.5. The molecule has 4 aromatic rings. The van der Waals surface area contributed by atoms with E-state index in [4.69, 9.17) is 4.74 Å². The van der Waals surface area contributed by atoms with Crippen LogP contribution in [0.1, 0.15) is 110 Å². The summed E-state index contributed by atoms with van der Waals surface area (Å²) < 4.78 is 37.7. The Kier molecular flexibility index (Phi) is 8.64. The highest BCUT2D eigenvalue weighted by Gasteiger charge is 2.65. The fourth-order valence-electron chi connectivity index (χ4n) is 11.0. The van der Waals surface area contributed by atoms with Crippen LogP contribution in [0.5, 0.6) is 5.75 Å². The van der Waals surface area contributed by atoms with E-state index in [2.05, 4.69) is 62.0 Å². The Morgan fingerprint density at radius 2 is 1.65 bits per heavy atom. The van der Waals surface area contributed by atoms with Crippen molar-refractivity contribution >= 4 is 32.9 Å². The number of hydrogen-bond donors (Lipinski definition) is 2. The quantitative estimate of drug-likeness (QED) is 0.193. The number of carbonyl (C=O) groups is 2. The van der Waals surface area contributed by atoms with Crippen LogP contribution in [-0.4, -0.2) is 72.3 Å². The second-order valence-electron chi connectivity index (χ2n) is 17.1. The summed E-state index contributed by atoms with van der Waals surface area (Å²) in [5, 5.41) is 4.91. The molecule has 1 aromatic heterocycles. The van der Waals surface area contributed by atoms with Crippen molar-refractivity contribution in [2.24, 2.45) is 5.41 Å². The molecule has 2 amide bonds. The van der Waals surface area contributed by atoms with Gasteiger partial charge < -0.3 is 19.5 Å². The summed E-state index contributed by atoms with van der Waals surface area (Å²) in [5.74, 6) is 0.846. The predicted molar refractivity (Wildman–Crippen MR) is 212 cm³/mol. The molecule has 2 bridgehead atoms. The summed E-state index contributed by atoms with van der Waals surface area (Å²) in [4.78, 5) is 31.3. The zero-order chi connectivity index (χ0) is 37.5. The Balaban J connectivity index is 1.05. The van der Waals surface area contributed by atoms with Crippen molar-refractivity contribution in [3.8, 4) is 17.0 Å². The summed E-state index contributed by atoms with van der Waals surface area (Å²) in [7, 11) is -2.20. The van der Waals surface area contributed by atoms with E-state index in [0.29, 0.717) is 37.2 Å². The molecule has 4 atom stereocenters. The molecule has 288 valence electrons. The number of carbonyl (C=O) groups excluding carboxylic acids is 2. The molecule has 3 saturated heterocycles. The molecule has 6 aliphatic rings. The SMILES string of the molecule is COc1ccc2c(c1)C1CC1(C(=O)N1C3CCC1CC(NCc1ccccc1)C3)Cn1c-2c(C2CCCCC2)c2ccc(C(=O)NS(=O)(=O)N3CCC3)cc21. The van der Waals surface area contributed by atoms with Gasteiger partial charge >= 0.3 is 10.2 Å². The highest BCUT2D eigenvalue weighted by Crippen LogP contribution is 2.67. The first-order valence-corrected chi connectivity index (χ1v) is 21.9. The fourth-order valence-corrected chi connectivity index (χ4v) is 12.2. The Morgan fingerprint density at radius 3 is 2.36 bits per heavy atom. The number of rotatable bonds is 9. The topological polar surface area (TPSA) is 113 Å². The van der Waals surface area contributed by atoms with E-state index in [-0.39, 0.29) is 23.9 Å². The number of methoxy groups -OCH3 is 1. The van der Waals surface area contributed by atoms with E-state index in [1.165, 1.54) is 40.3 Å². The molecule has 55 heavy (non-hydrogen) atoms. The molecule has 0 radical (unpaired) electrons. The van der Waals surface area contributed by atoms with Crippen LogP contribution >= 0.6 is 0 Å². The Hall–Kier alpha value is -4.19. The van der Waals surface area contributed by atoms with Gasteiger partial charge in [0.05, 0.1) is 18.2 Å². The maximum absolute atomic E-state index is 15.4. The highest BCUT2D eigenvalue weighted by molar-refractivity contribution is 7.87. The van der Waals surface area contributed by atoms with E-state index in [1.54, 1.807) is 13.2 Å². The van der Waals surface area contributed by atoms with Crippen LogP contribution in [0.4, 0.5) is 0 Å². The van der Waals surface area contributed by atoms with Crippen LogP contribution in [0.15, 0.2) is 66.7 Å². The molecule has 5 fully saturated rings. The second-order valence-corrected chi connectivity index (χ2v) is 18.8. The molecule has 11 heteroatoms. The molecular weight excluding hydrogens is 711 g/mol. The zero-order valence-corrected chi connectivity index (χ0v) is 32.5. The average molecular weight is 762 g/mol. The normalized spacial score (nSPS) is 27.4. The molecule has 4 aliphatic heterocycles. The standard InChI is InChI=1S/C44H51N5O5S/c1-54-34-16-18-35-37(24-34)38-25-44(38,43(51)49-32-14-15-33(49)23-31(22-32)45-26-28-9-4-2-5-10-28)27-48-39-21-30(42(50)46-55(52,53)47-19-8-20-47)13-17-36(39)40(41(35)48)29-11-6-3-7-12-29/h2,4-5,9-10,13,16-18,21,24,29,31-33,38,45H,3,6-8,11-12,14-15,19-20,22-23,25-27H2,1H3,(H,46,50). The third kappa shape index (κ3) is 5.91. The number of nitrogens with zero attached hydrogens (tertiary/aromatic N) is 3. The lowest BCUT2D eigenvalue weighted by Gasteiger charge is -2.41. The molecule has 10 nitrogen and oxygen atoms in total. The van der Waals surface area contributed by atoms with Crippen molar-refractivity contribution in [3.63, 3.8) is 0 Å². The molecule has 2 saturated carbocycles. The van der Waals surface area contributed by atoms with Crippen molar-refractivity contribution in [1.29, 1.82) is 0 Å². The van der Waals surface area contributed by atoms with E-state index < -0.39 is 21.5 Å².